The van der Waals surface area contributed by atoms with Gasteiger partial charge in [-0.2, -0.15) is 4.68 Å². The molecule has 0 aliphatic carbocycles. The summed E-state index contributed by atoms with van der Waals surface area (Å²) >= 11 is 1.44. The largest absolute Gasteiger partial charge is 0.313 e. The minimum absolute atomic E-state index is 0.0115. The van der Waals surface area contributed by atoms with E-state index in [2.05, 4.69) is 15.3 Å². The van der Waals surface area contributed by atoms with Gasteiger partial charge < -0.3 is 10.3 Å². The zero-order valence-electron chi connectivity index (χ0n) is 11.9. The number of aromatic nitrogens is 3. The van der Waals surface area contributed by atoms with Gasteiger partial charge in [-0.15, -0.1) is 11.3 Å². The maximum absolute atomic E-state index is 12.9. The van der Waals surface area contributed by atoms with E-state index in [1.54, 1.807) is 10.9 Å². The van der Waals surface area contributed by atoms with Crippen molar-refractivity contribution in [3.8, 4) is 11.5 Å². The van der Waals surface area contributed by atoms with Gasteiger partial charge in [0.05, 0.1) is 5.52 Å². The molecule has 4 rings (SSSR count). The lowest BCUT2D eigenvalue weighted by molar-refractivity contribution is 0.483. The molecule has 0 unspecified atom stereocenters. The first-order valence-corrected chi connectivity index (χ1v) is 8.10. The third-order valence-electron chi connectivity index (χ3n) is 3.73. The molecule has 0 aromatic carbocycles. The second-order valence-corrected chi connectivity index (χ2v) is 6.02. The summed E-state index contributed by atoms with van der Waals surface area (Å²) in [6.07, 6.45) is 1.72. The lowest BCUT2D eigenvalue weighted by Crippen LogP contribution is -2.53. The Labute approximate surface area is 131 Å². The number of hydrogen-bond donors (Lipinski definition) is 1. The smallest absolute Gasteiger partial charge is 0.290 e. The molecule has 1 saturated heterocycles. The van der Waals surface area contributed by atoms with Gasteiger partial charge >= 0.3 is 0 Å². The summed E-state index contributed by atoms with van der Waals surface area (Å²) in [5.74, 6) is 0.610. The molecule has 1 aliphatic rings. The molecule has 3 aromatic heterocycles. The van der Waals surface area contributed by atoms with E-state index in [4.69, 9.17) is 4.98 Å². The quantitative estimate of drug-likeness (QED) is 0.766. The van der Waals surface area contributed by atoms with Gasteiger partial charge in [0.1, 0.15) is 10.4 Å². The number of thiophene rings is 1. The summed E-state index contributed by atoms with van der Waals surface area (Å²) in [6.45, 7) is 3.27. The highest BCUT2D eigenvalue weighted by molar-refractivity contribution is 7.17. The highest BCUT2D eigenvalue weighted by Gasteiger charge is 2.20. The number of nitrogens with one attached hydrogen (secondary N) is 1. The molecule has 0 saturated carbocycles. The van der Waals surface area contributed by atoms with Crippen LogP contribution in [0.1, 0.15) is 0 Å². The SMILES string of the molecule is O=c1c2sccc2nc(-c2ccccn2)n1N1CCNCC1. The van der Waals surface area contributed by atoms with Crippen LogP contribution in [-0.4, -0.2) is 40.8 Å². The van der Waals surface area contributed by atoms with E-state index in [-0.39, 0.29) is 5.56 Å². The lowest BCUT2D eigenvalue weighted by atomic mass is 10.3. The lowest BCUT2D eigenvalue weighted by Gasteiger charge is -2.31. The second-order valence-electron chi connectivity index (χ2n) is 5.11. The van der Waals surface area contributed by atoms with Crippen LogP contribution >= 0.6 is 11.3 Å². The van der Waals surface area contributed by atoms with Crippen molar-refractivity contribution in [1.29, 1.82) is 0 Å². The molecule has 1 aliphatic heterocycles. The fraction of sp³-hybridized carbons (Fsp3) is 0.267. The average Bonchev–Trinajstić information content (AvgIpc) is 3.05. The van der Waals surface area contributed by atoms with E-state index in [9.17, 15) is 4.79 Å². The maximum atomic E-state index is 12.9. The van der Waals surface area contributed by atoms with E-state index in [0.29, 0.717) is 16.2 Å². The van der Waals surface area contributed by atoms with Gasteiger partial charge in [0.15, 0.2) is 5.82 Å². The minimum Gasteiger partial charge on any atom is -0.313 e. The molecule has 0 amide bonds. The van der Waals surface area contributed by atoms with Gasteiger partial charge in [-0.3, -0.25) is 9.78 Å². The van der Waals surface area contributed by atoms with Crippen molar-refractivity contribution >= 4 is 21.6 Å². The highest BCUT2D eigenvalue weighted by Crippen LogP contribution is 2.20. The number of hydrogen-bond acceptors (Lipinski definition) is 6. The van der Waals surface area contributed by atoms with Crippen LogP contribution in [0.15, 0.2) is 40.6 Å². The Morgan fingerprint density at radius 2 is 2.05 bits per heavy atom. The molecule has 112 valence electrons. The molecule has 0 spiro atoms. The Kier molecular flexibility index (Phi) is 3.36. The van der Waals surface area contributed by atoms with Gasteiger partial charge in [0.25, 0.3) is 5.56 Å². The number of rotatable bonds is 2. The fourth-order valence-electron chi connectivity index (χ4n) is 2.68. The molecule has 4 heterocycles. The summed E-state index contributed by atoms with van der Waals surface area (Å²) in [6, 6.07) is 7.54. The van der Waals surface area contributed by atoms with E-state index in [0.717, 1.165) is 31.7 Å². The molecule has 1 N–H and O–H groups in total. The standard InChI is InChI=1S/C15H15N5OS/c21-15-13-11(4-10-22-13)18-14(12-3-1-2-5-17-12)20(15)19-8-6-16-7-9-19/h1-5,10,16H,6-9H2. The zero-order valence-corrected chi connectivity index (χ0v) is 12.7. The number of pyridine rings is 1. The monoisotopic (exact) mass is 313 g/mol. The van der Waals surface area contributed by atoms with Crippen LogP contribution in [0, 0.1) is 0 Å². The van der Waals surface area contributed by atoms with Crippen LogP contribution in [0.5, 0.6) is 0 Å². The average molecular weight is 313 g/mol. The minimum atomic E-state index is -0.0115. The maximum Gasteiger partial charge on any atom is 0.290 e. The van der Waals surface area contributed by atoms with Gasteiger partial charge in [-0.25, -0.2) is 4.98 Å². The fourth-order valence-corrected chi connectivity index (χ4v) is 3.44. The topological polar surface area (TPSA) is 63.1 Å². The predicted molar refractivity (Wildman–Crippen MR) is 87.9 cm³/mol. The molecule has 22 heavy (non-hydrogen) atoms. The van der Waals surface area contributed by atoms with Crippen LogP contribution in [0.4, 0.5) is 0 Å². The Hall–Kier alpha value is -2.25. The van der Waals surface area contributed by atoms with Crippen molar-refractivity contribution in [2.75, 3.05) is 31.2 Å². The number of piperazine rings is 1. The summed E-state index contributed by atoms with van der Waals surface area (Å²) in [5, 5.41) is 7.26. The molecule has 6 nitrogen and oxygen atoms in total. The van der Waals surface area contributed by atoms with Gasteiger partial charge in [-0.1, -0.05) is 6.07 Å². The highest BCUT2D eigenvalue weighted by atomic mass is 32.1. The van der Waals surface area contributed by atoms with Crippen molar-refractivity contribution in [3.63, 3.8) is 0 Å². The molecule has 0 radical (unpaired) electrons. The van der Waals surface area contributed by atoms with E-state index >= 15 is 0 Å². The van der Waals surface area contributed by atoms with Crippen LogP contribution in [0.25, 0.3) is 21.7 Å². The molecular weight excluding hydrogens is 298 g/mol. The van der Waals surface area contributed by atoms with Crippen LogP contribution < -0.4 is 15.9 Å². The van der Waals surface area contributed by atoms with Crippen LogP contribution in [-0.2, 0) is 0 Å². The Morgan fingerprint density at radius 1 is 1.18 bits per heavy atom. The van der Waals surface area contributed by atoms with Gasteiger partial charge in [0, 0.05) is 32.4 Å². The molecule has 0 bridgehead atoms. The third-order valence-corrected chi connectivity index (χ3v) is 4.62. The van der Waals surface area contributed by atoms with Crippen molar-refractivity contribution in [2.45, 2.75) is 0 Å². The Balaban J connectivity index is 1.98. The van der Waals surface area contributed by atoms with Gasteiger partial charge in [0.2, 0.25) is 0 Å². The predicted octanol–water partition coefficient (Wildman–Crippen LogP) is 1.06. The summed E-state index contributed by atoms with van der Waals surface area (Å²) in [4.78, 5) is 22.0. The molecule has 0 atom stereocenters. The number of nitrogens with zero attached hydrogens (tertiary/aromatic N) is 4. The zero-order chi connectivity index (χ0) is 14.9. The van der Waals surface area contributed by atoms with Crippen molar-refractivity contribution in [3.05, 3.63) is 46.2 Å². The summed E-state index contributed by atoms with van der Waals surface area (Å²) in [7, 11) is 0. The second kappa shape index (κ2) is 5.51. The van der Waals surface area contributed by atoms with Crippen molar-refractivity contribution in [2.24, 2.45) is 0 Å². The normalized spacial score (nSPS) is 15.4. The van der Waals surface area contributed by atoms with Crippen LogP contribution in [0.3, 0.4) is 0 Å². The Morgan fingerprint density at radius 3 is 2.82 bits per heavy atom. The molecule has 7 heteroatoms. The summed E-state index contributed by atoms with van der Waals surface area (Å²) in [5.41, 5.74) is 1.44. The first kappa shape index (κ1) is 13.4. The molecular formula is C15H15N5OS. The molecule has 1 fully saturated rings. The van der Waals surface area contributed by atoms with E-state index in [1.165, 1.54) is 11.3 Å². The van der Waals surface area contributed by atoms with Crippen molar-refractivity contribution < 1.29 is 0 Å². The molecule has 3 aromatic rings. The van der Waals surface area contributed by atoms with Crippen molar-refractivity contribution in [1.82, 2.24) is 20.0 Å². The van der Waals surface area contributed by atoms with E-state index < -0.39 is 0 Å². The first-order chi connectivity index (χ1) is 10.8. The first-order valence-electron chi connectivity index (χ1n) is 7.22. The van der Waals surface area contributed by atoms with Gasteiger partial charge in [-0.05, 0) is 23.6 Å². The van der Waals surface area contributed by atoms with Crippen LogP contribution in [0.2, 0.25) is 0 Å². The summed E-state index contributed by atoms with van der Waals surface area (Å²) < 4.78 is 2.39. The third kappa shape index (κ3) is 2.18. The van der Waals surface area contributed by atoms with E-state index in [1.807, 2.05) is 29.6 Å². The number of fused-ring (bicyclic) bond motifs is 1. The Bertz CT molecular complexity index is 851.